The second-order valence-electron chi connectivity index (χ2n) is 3.22. The Kier molecular flexibility index (Phi) is 3.08. The van der Waals surface area contributed by atoms with Crippen LogP contribution in [0.15, 0.2) is 18.5 Å². The van der Waals surface area contributed by atoms with E-state index in [1.54, 1.807) is 10.9 Å². The zero-order valence-electron chi connectivity index (χ0n) is 8.71. The van der Waals surface area contributed by atoms with Crippen LogP contribution >= 0.6 is 11.5 Å². The Morgan fingerprint density at radius 1 is 1.60 bits per heavy atom. The van der Waals surface area contributed by atoms with Gasteiger partial charge in [-0.2, -0.15) is 5.10 Å². The van der Waals surface area contributed by atoms with Gasteiger partial charge in [0.1, 0.15) is 0 Å². The minimum Gasteiger partial charge on any atom is -0.304 e. The van der Waals surface area contributed by atoms with Crippen molar-refractivity contribution in [2.75, 3.05) is 6.54 Å². The SMILES string of the molecule is CCNC(c1ccn(C)n1)c1cnns1. The highest BCUT2D eigenvalue weighted by atomic mass is 32.1. The van der Waals surface area contributed by atoms with Gasteiger partial charge in [0.05, 0.1) is 22.8 Å². The third-order valence-electron chi connectivity index (χ3n) is 2.10. The smallest absolute Gasteiger partial charge is 0.0896 e. The van der Waals surface area contributed by atoms with E-state index in [1.165, 1.54) is 11.5 Å². The predicted octanol–water partition coefficient (Wildman–Crippen LogP) is 0.970. The van der Waals surface area contributed by atoms with Crippen LogP contribution in [0.5, 0.6) is 0 Å². The van der Waals surface area contributed by atoms with Crippen LogP contribution in [0, 0.1) is 0 Å². The molecule has 2 aromatic rings. The van der Waals surface area contributed by atoms with Crippen LogP contribution in [0.3, 0.4) is 0 Å². The van der Waals surface area contributed by atoms with Crippen LogP contribution < -0.4 is 5.32 Å². The topological polar surface area (TPSA) is 55.6 Å². The molecule has 0 fully saturated rings. The normalized spacial score (nSPS) is 12.9. The number of aromatic nitrogens is 4. The average Bonchev–Trinajstić information content (AvgIpc) is 2.85. The third kappa shape index (κ3) is 2.21. The van der Waals surface area contributed by atoms with Gasteiger partial charge in [0, 0.05) is 13.2 Å². The van der Waals surface area contributed by atoms with Crippen molar-refractivity contribution >= 4 is 11.5 Å². The molecule has 5 nitrogen and oxygen atoms in total. The van der Waals surface area contributed by atoms with E-state index in [-0.39, 0.29) is 6.04 Å². The Balaban J connectivity index is 2.27. The van der Waals surface area contributed by atoms with Gasteiger partial charge < -0.3 is 5.32 Å². The molecule has 0 radical (unpaired) electrons. The molecule has 0 aliphatic carbocycles. The number of aryl methyl sites for hydroxylation is 1. The van der Waals surface area contributed by atoms with Gasteiger partial charge in [0.2, 0.25) is 0 Å². The van der Waals surface area contributed by atoms with Gasteiger partial charge in [-0.15, -0.1) is 5.10 Å². The number of hydrogen-bond donors (Lipinski definition) is 1. The van der Waals surface area contributed by atoms with Gasteiger partial charge in [-0.25, -0.2) is 0 Å². The lowest BCUT2D eigenvalue weighted by Gasteiger charge is -2.12. The first-order valence-electron chi connectivity index (χ1n) is 4.81. The monoisotopic (exact) mass is 223 g/mol. The summed E-state index contributed by atoms with van der Waals surface area (Å²) >= 11 is 1.40. The summed E-state index contributed by atoms with van der Waals surface area (Å²) in [7, 11) is 1.91. The van der Waals surface area contributed by atoms with Crippen LogP contribution in [0.25, 0.3) is 0 Å². The Morgan fingerprint density at radius 3 is 3.00 bits per heavy atom. The second-order valence-corrected chi connectivity index (χ2v) is 4.04. The van der Waals surface area contributed by atoms with Crippen molar-refractivity contribution in [1.29, 1.82) is 0 Å². The maximum absolute atomic E-state index is 4.39. The molecule has 1 unspecified atom stereocenters. The summed E-state index contributed by atoms with van der Waals surface area (Å²) in [4.78, 5) is 1.09. The summed E-state index contributed by atoms with van der Waals surface area (Å²) in [5.74, 6) is 0. The molecule has 0 saturated heterocycles. The second kappa shape index (κ2) is 4.50. The molecule has 15 heavy (non-hydrogen) atoms. The zero-order chi connectivity index (χ0) is 10.7. The lowest BCUT2D eigenvalue weighted by Crippen LogP contribution is -2.21. The molecular weight excluding hydrogens is 210 g/mol. The molecule has 80 valence electrons. The highest BCUT2D eigenvalue weighted by Gasteiger charge is 2.17. The maximum atomic E-state index is 4.39. The van der Waals surface area contributed by atoms with E-state index < -0.39 is 0 Å². The first kappa shape index (κ1) is 10.3. The molecule has 0 bridgehead atoms. The number of nitrogens with zero attached hydrogens (tertiary/aromatic N) is 4. The first-order valence-corrected chi connectivity index (χ1v) is 5.58. The fourth-order valence-corrected chi connectivity index (χ4v) is 2.04. The van der Waals surface area contributed by atoms with Gasteiger partial charge in [0.25, 0.3) is 0 Å². The van der Waals surface area contributed by atoms with Crippen LogP contribution in [0.4, 0.5) is 0 Å². The molecule has 2 rings (SSSR count). The van der Waals surface area contributed by atoms with E-state index >= 15 is 0 Å². The van der Waals surface area contributed by atoms with E-state index in [2.05, 4.69) is 26.9 Å². The van der Waals surface area contributed by atoms with Gasteiger partial charge in [-0.05, 0) is 24.1 Å². The quantitative estimate of drug-likeness (QED) is 0.839. The molecule has 0 amide bonds. The number of rotatable bonds is 4. The van der Waals surface area contributed by atoms with Crippen molar-refractivity contribution in [2.24, 2.45) is 7.05 Å². The molecule has 2 aromatic heterocycles. The van der Waals surface area contributed by atoms with E-state index in [1.807, 2.05) is 19.3 Å². The van der Waals surface area contributed by atoms with E-state index in [0.29, 0.717) is 0 Å². The molecule has 6 heteroatoms. The summed E-state index contributed by atoms with van der Waals surface area (Å²) in [5.41, 5.74) is 1.01. The summed E-state index contributed by atoms with van der Waals surface area (Å²) in [6.07, 6.45) is 3.72. The van der Waals surface area contributed by atoms with Crippen LogP contribution in [-0.4, -0.2) is 25.9 Å². The van der Waals surface area contributed by atoms with E-state index in [9.17, 15) is 0 Å². The summed E-state index contributed by atoms with van der Waals surface area (Å²) in [6, 6.07) is 2.11. The van der Waals surface area contributed by atoms with Crippen LogP contribution in [-0.2, 0) is 7.05 Å². The minimum absolute atomic E-state index is 0.108. The van der Waals surface area contributed by atoms with Crippen LogP contribution in [0.1, 0.15) is 23.5 Å². The van der Waals surface area contributed by atoms with Gasteiger partial charge in [-0.3, -0.25) is 4.68 Å². The zero-order valence-corrected chi connectivity index (χ0v) is 9.53. The Labute approximate surface area is 92.3 Å². The van der Waals surface area contributed by atoms with E-state index in [4.69, 9.17) is 0 Å². The molecule has 0 aromatic carbocycles. The van der Waals surface area contributed by atoms with Crippen molar-refractivity contribution in [3.63, 3.8) is 0 Å². The summed E-state index contributed by atoms with van der Waals surface area (Å²) in [6.45, 7) is 2.96. The summed E-state index contributed by atoms with van der Waals surface area (Å²) < 4.78 is 5.67. The van der Waals surface area contributed by atoms with Gasteiger partial charge >= 0.3 is 0 Å². The lowest BCUT2D eigenvalue weighted by atomic mass is 10.2. The third-order valence-corrected chi connectivity index (χ3v) is 2.83. The minimum atomic E-state index is 0.108. The molecule has 1 atom stereocenters. The van der Waals surface area contributed by atoms with Crippen molar-refractivity contribution in [2.45, 2.75) is 13.0 Å². The highest BCUT2D eigenvalue weighted by Crippen LogP contribution is 2.21. The molecule has 0 saturated carbocycles. The predicted molar refractivity (Wildman–Crippen MR) is 58.6 cm³/mol. The largest absolute Gasteiger partial charge is 0.304 e. The Hall–Kier alpha value is -1.27. The standard InChI is InChI=1S/C9H13N5S/c1-3-10-9(8-6-11-13-15-8)7-4-5-14(2)12-7/h4-6,9-10H,3H2,1-2H3. The fraction of sp³-hybridized carbons (Fsp3) is 0.444. The van der Waals surface area contributed by atoms with Gasteiger partial charge in [0.15, 0.2) is 0 Å². The van der Waals surface area contributed by atoms with Gasteiger partial charge in [-0.1, -0.05) is 11.4 Å². The van der Waals surface area contributed by atoms with Crippen molar-refractivity contribution in [1.82, 2.24) is 24.7 Å². The van der Waals surface area contributed by atoms with E-state index in [0.717, 1.165) is 17.1 Å². The molecule has 0 aliphatic heterocycles. The summed E-state index contributed by atoms with van der Waals surface area (Å²) in [5, 5.41) is 11.6. The molecule has 0 spiro atoms. The molecule has 2 heterocycles. The van der Waals surface area contributed by atoms with Crippen LogP contribution in [0.2, 0.25) is 0 Å². The Morgan fingerprint density at radius 2 is 2.47 bits per heavy atom. The average molecular weight is 223 g/mol. The highest BCUT2D eigenvalue weighted by molar-refractivity contribution is 7.05. The maximum Gasteiger partial charge on any atom is 0.0896 e. The van der Waals surface area contributed by atoms with Crippen molar-refractivity contribution in [3.05, 3.63) is 29.0 Å². The molecule has 0 aliphatic rings. The number of hydrogen-bond acceptors (Lipinski definition) is 5. The first-order chi connectivity index (χ1) is 7.31. The molecule has 1 N–H and O–H groups in total. The number of nitrogens with one attached hydrogen (secondary N) is 1. The fourth-order valence-electron chi connectivity index (χ4n) is 1.44. The Bertz CT molecular complexity index is 408. The lowest BCUT2D eigenvalue weighted by molar-refractivity contribution is 0.606. The van der Waals surface area contributed by atoms with Crippen molar-refractivity contribution < 1.29 is 0 Å². The molecular formula is C9H13N5S. The van der Waals surface area contributed by atoms with Crippen molar-refractivity contribution in [3.8, 4) is 0 Å².